The normalized spacial score (nSPS) is 10.5. The Morgan fingerprint density at radius 3 is 2.88 bits per heavy atom. The third-order valence-corrected chi connectivity index (χ3v) is 4.31. The van der Waals surface area contributed by atoms with Crippen molar-refractivity contribution in [2.24, 2.45) is 0 Å². The van der Waals surface area contributed by atoms with E-state index in [0.717, 1.165) is 15.1 Å². The van der Waals surface area contributed by atoms with Gasteiger partial charge in [-0.1, -0.05) is 33.6 Å². The van der Waals surface area contributed by atoms with Crippen molar-refractivity contribution >= 4 is 39.3 Å². The summed E-state index contributed by atoms with van der Waals surface area (Å²) in [5.74, 6) is 0.443. The van der Waals surface area contributed by atoms with Gasteiger partial charge in [0.1, 0.15) is 10.8 Å². The highest BCUT2D eigenvalue weighted by atomic mass is 79.9. The molecule has 1 nitrogen and oxygen atoms in total. The summed E-state index contributed by atoms with van der Waals surface area (Å²) in [6, 6.07) is 8.25. The van der Waals surface area contributed by atoms with Crippen molar-refractivity contribution in [3.05, 3.63) is 57.4 Å². The van der Waals surface area contributed by atoms with Gasteiger partial charge in [-0.3, -0.25) is 0 Å². The highest BCUT2D eigenvalue weighted by Crippen LogP contribution is 2.30. The van der Waals surface area contributed by atoms with E-state index in [1.54, 1.807) is 24.4 Å². The Kier molecular flexibility index (Phi) is 4.42. The first-order valence-corrected chi connectivity index (χ1v) is 7.00. The molecular weight excluding hydrogens is 325 g/mol. The second kappa shape index (κ2) is 5.85. The number of halogens is 3. The molecule has 1 heterocycles. The van der Waals surface area contributed by atoms with Crippen LogP contribution in [-0.4, -0.2) is 4.98 Å². The molecule has 88 valence electrons. The predicted octanol–water partition coefficient (Wildman–Crippen LogP) is 4.93. The highest BCUT2D eigenvalue weighted by molar-refractivity contribution is 9.10. The first-order valence-electron chi connectivity index (χ1n) is 4.84. The van der Waals surface area contributed by atoms with E-state index in [1.165, 1.54) is 23.9 Å². The molecule has 5 heteroatoms. The number of benzene rings is 1. The maximum Gasteiger partial charge on any atom is 0.124 e. The monoisotopic (exact) mass is 331 g/mol. The van der Waals surface area contributed by atoms with E-state index in [2.05, 4.69) is 20.9 Å². The average molecular weight is 333 g/mol. The zero-order chi connectivity index (χ0) is 12.3. The maximum atomic E-state index is 12.9. The minimum absolute atomic E-state index is 0.249. The average Bonchev–Trinajstić information content (AvgIpc) is 2.30. The van der Waals surface area contributed by atoms with E-state index in [0.29, 0.717) is 10.8 Å². The summed E-state index contributed by atoms with van der Waals surface area (Å²) in [6.07, 6.45) is 1.70. The van der Waals surface area contributed by atoms with E-state index in [9.17, 15) is 4.39 Å². The Balaban J connectivity index is 2.10. The van der Waals surface area contributed by atoms with Crippen LogP contribution in [-0.2, 0) is 5.75 Å². The summed E-state index contributed by atoms with van der Waals surface area (Å²) in [5, 5.41) is 1.42. The summed E-state index contributed by atoms with van der Waals surface area (Å²) in [6.45, 7) is 0. The number of nitrogens with zero attached hydrogens (tertiary/aromatic N) is 1. The van der Waals surface area contributed by atoms with E-state index in [1.807, 2.05) is 0 Å². The molecule has 0 saturated carbocycles. The second-order valence-corrected chi connectivity index (χ2v) is 5.54. The molecule has 0 spiro atoms. The van der Waals surface area contributed by atoms with Crippen LogP contribution >= 0.6 is 39.3 Å². The lowest BCUT2D eigenvalue weighted by molar-refractivity contribution is 0.626. The third kappa shape index (κ3) is 3.44. The molecule has 1 aromatic heterocycles. The fourth-order valence-corrected chi connectivity index (χ4v) is 3.11. The molecule has 0 aliphatic carbocycles. The molecule has 0 radical (unpaired) electrons. The van der Waals surface area contributed by atoms with Crippen LogP contribution in [0.25, 0.3) is 0 Å². The lowest BCUT2D eigenvalue weighted by atomic mass is 10.2. The molecule has 0 bridgehead atoms. The SMILES string of the molecule is Fc1ccc(CSc2ncccc2Cl)c(Br)c1. The molecule has 0 fully saturated rings. The number of thioether (sulfide) groups is 1. The van der Waals surface area contributed by atoms with Crippen LogP contribution in [0.4, 0.5) is 4.39 Å². The fourth-order valence-electron chi connectivity index (χ4n) is 1.26. The van der Waals surface area contributed by atoms with Gasteiger partial charge in [0, 0.05) is 16.4 Å². The van der Waals surface area contributed by atoms with Crippen LogP contribution < -0.4 is 0 Å². The van der Waals surface area contributed by atoms with Gasteiger partial charge in [0.15, 0.2) is 0 Å². The van der Waals surface area contributed by atoms with Crippen LogP contribution in [0.1, 0.15) is 5.56 Å². The number of hydrogen-bond donors (Lipinski definition) is 0. The third-order valence-electron chi connectivity index (χ3n) is 2.10. The van der Waals surface area contributed by atoms with Gasteiger partial charge in [-0.2, -0.15) is 0 Å². The quantitative estimate of drug-likeness (QED) is 0.739. The lowest BCUT2D eigenvalue weighted by Crippen LogP contribution is -1.86. The number of rotatable bonds is 3. The number of hydrogen-bond acceptors (Lipinski definition) is 2. The minimum Gasteiger partial charge on any atom is -0.248 e. The summed E-state index contributed by atoms with van der Waals surface area (Å²) in [4.78, 5) is 4.18. The predicted molar refractivity (Wildman–Crippen MR) is 72.9 cm³/mol. The van der Waals surface area contributed by atoms with Crippen molar-refractivity contribution in [2.75, 3.05) is 0 Å². The van der Waals surface area contributed by atoms with Crippen molar-refractivity contribution in [1.29, 1.82) is 0 Å². The van der Waals surface area contributed by atoms with E-state index in [4.69, 9.17) is 11.6 Å². The van der Waals surface area contributed by atoms with Crippen molar-refractivity contribution in [2.45, 2.75) is 10.8 Å². The van der Waals surface area contributed by atoms with Gasteiger partial charge < -0.3 is 0 Å². The lowest BCUT2D eigenvalue weighted by Gasteiger charge is -2.05. The summed E-state index contributed by atoms with van der Waals surface area (Å²) in [5.41, 5.74) is 1.01. The van der Waals surface area contributed by atoms with Crippen LogP contribution in [0.15, 0.2) is 46.0 Å². The van der Waals surface area contributed by atoms with Gasteiger partial charge in [0.25, 0.3) is 0 Å². The van der Waals surface area contributed by atoms with Gasteiger partial charge in [-0.15, -0.1) is 11.8 Å². The van der Waals surface area contributed by atoms with Crippen molar-refractivity contribution in [3.8, 4) is 0 Å². The molecule has 2 rings (SSSR count). The second-order valence-electron chi connectivity index (χ2n) is 3.31. The Hall–Kier alpha value is -0.580. The zero-order valence-corrected chi connectivity index (χ0v) is 11.8. The molecule has 0 atom stereocenters. The molecule has 0 aliphatic rings. The maximum absolute atomic E-state index is 12.9. The molecule has 0 unspecified atom stereocenters. The first kappa shape index (κ1) is 12.9. The number of aromatic nitrogens is 1. The van der Waals surface area contributed by atoms with Crippen molar-refractivity contribution < 1.29 is 4.39 Å². The first-order chi connectivity index (χ1) is 8.16. The van der Waals surface area contributed by atoms with Crippen molar-refractivity contribution in [3.63, 3.8) is 0 Å². The minimum atomic E-state index is -0.249. The topological polar surface area (TPSA) is 12.9 Å². The smallest absolute Gasteiger partial charge is 0.124 e. The van der Waals surface area contributed by atoms with Crippen LogP contribution in [0, 0.1) is 5.82 Å². The summed E-state index contributed by atoms with van der Waals surface area (Å²) >= 11 is 10.9. The van der Waals surface area contributed by atoms with Gasteiger partial charge in [0.05, 0.1) is 5.02 Å². The molecule has 0 amide bonds. The van der Waals surface area contributed by atoms with E-state index >= 15 is 0 Å². The molecule has 17 heavy (non-hydrogen) atoms. The van der Waals surface area contributed by atoms with Crippen molar-refractivity contribution in [1.82, 2.24) is 4.98 Å². The van der Waals surface area contributed by atoms with E-state index < -0.39 is 0 Å². The Labute approximate surface area is 117 Å². The van der Waals surface area contributed by atoms with Gasteiger partial charge in [-0.25, -0.2) is 9.37 Å². The van der Waals surface area contributed by atoms with E-state index in [-0.39, 0.29) is 5.82 Å². The summed E-state index contributed by atoms with van der Waals surface area (Å²) in [7, 11) is 0. The number of pyridine rings is 1. The Morgan fingerprint density at radius 2 is 2.18 bits per heavy atom. The molecule has 0 saturated heterocycles. The standard InChI is InChI=1S/C12H8BrClFNS/c13-10-6-9(15)4-3-8(10)7-17-12-11(14)2-1-5-16-12/h1-6H,7H2. The van der Waals surface area contributed by atoms with Crippen LogP contribution in [0.2, 0.25) is 5.02 Å². The Bertz CT molecular complexity index is 536. The van der Waals surface area contributed by atoms with Gasteiger partial charge in [0.2, 0.25) is 0 Å². The fraction of sp³-hybridized carbons (Fsp3) is 0.0833. The zero-order valence-electron chi connectivity index (χ0n) is 8.66. The molecule has 0 N–H and O–H groups in total. The highest BCUT2D eigenvalue weighted by Gasteiger charge is 2.05. The molecule has 2 aromatic rings. The van der Waals surface area contributed by atoms with Gasteiger partial charge >= 0.3 is 0 Å². The van der Waals surface area contributed by atoms with Gasteiger partial charge in [-0.05, 0) is 29.8 Å². The van der Waals surface area contributed by atoms with Crippen LogP contribution in [0.3, 0.4) is 0 Å². The Morgan fingerprint density at radius 1 is 1.35 bits per heavy atom. The van der Waals surface area contributed by atoms with Crippen LogP contribution in [0.5, 0.6) is 0 Å². The summed E-state index contributed by atoms with van der Waals surface area (Å²) < 4.78 is 13.7. The molecular formula is C12H8BrClFNS. The largest absolute Gasteiger partial charge is 0.248 e. The molecule has 0 aliphatic heterocycles. The molecule has 1 aromatic carbocycles.